The molecule has 1 aromatic carbocycles. The second-order valence-corrected chi connectivity index (χ2v) is 12.7. The molecule has 1 N–H and O–H groups in total. The summed E-state index contributed by atoms with van der Waals surface area (Å²) in [7, 11) is -1.14. The third-order valence-electron chi connectivity index (χ3n) is 3.85. The monoisotopic (exact) mass is 359 g/mol. The van der Waals surface area contributed by atoms with Gasteiger partial charge in [0.2, 0.25) is 0 Å². The number of aromatic nitrogens is 3. The summed E-state index contributed by atoms with van der Waals surface area (Å²) in [5, 5.41) is 7.66. The number of ether oxygens (including phenoxy) is 2. The average molecular weight is 359 g/mol. The van der Waals surface area contributed by atoms with Crippen LogP contribution in [0.4, 0.5) is 4.39 Å². The molecule has 5 nitrogen and oxygen atoms in total. The second-order valence-electron chi connectivity index (χ2n) is 7.12. The van der Waals surface area contributed by atoms with Crippen LogP contribution in [-0.2, 0) is 4.74 Å². The van der Waals surface area contributed by atoms with Crippen LogP contribution in [0.5, 0.6) is 5.75 Å². The molecule has 7 heteroatoms. The van der Waals surface area contributed by atoms with Crippen LogP contribution in [0.15, 0.2) is 36.7 Å². The van der Waals surface area contributed by atoms with Crippen molar-refractivity contribution in [2.75, 3.05) is 13.4 Å². The highest BCUT2D eigenvalue weighted by Crippen LogP contribution is 2.32. The molecule has 0 aliphatic rings. The lowest BCUT2D eigenvalue weighted by Gasteiger charge is -2.16. The lowest BCUT2D eigenvalue weighted by Crippen LogP contribution is -2.22. The molecule has 2 aromatic heterocycles. The summed E-state index contributed by atoms with van der Waals surface area (Å²) < 4.78 is 25.6. The Balaban J connectivity index is 1.75. The molecule has 0 fully saturated rings. The average Bonchev–Trinajstić information content (AvgIpc) is 3.01. The van der Waals surface area contributed by atoms with Crippen molar-refractivity contribution in [2.45, 2.75) is 25.7 Å². The van der Waals surface area contributed by atoms with E-state index in [1.807, 2.05) is 0 Å². The van der Waals surface area contributed by atoms with Gasteiger partial charge in [0, 0.05) is 20.1 Å². The molecule has 2 heterocycles. The maximum atomic E-state index is 14.4. The Hall–Kier alpha value is -2.25. The van der Waals surface area contributed by atoms with Gasteiger partial charge < -0.3 is 9.47 Å². The van der Waals surface area contributed by atoms with Crippen LogP contribution in [0.25, 0.3) is 22.2 Å². The number of aromatic amines is 1. The summed E-state index contributed by atoms with van der Waals surface area (Å²) in [6, 6.07) is 7.59. The van der Waals surface area contributed by atoms with Crippen molar-refractivity contribution in [3.63, 3.8) is 0 Å². The van der Waals surface area contributed by atoms with Crippen molar-refractivity contribution in [1.82, 2.24) is 15.2 Å². The summed E-state index contributed by atoms with van der Waals surface area (Å²) in [5.41, 5.74) is 1.64. The molecular formula is C18H22FN3O2Si. The highest BCUT2D eigenvalue weighted by molar-refractivity contribution is 6.76. The van der Waals surface area contributed by atoms with Gasteiger partial charge in [-0.05, 0) is 24.2 Å². The fourth-order valence-corrected chi connectivity index (χ4v) is 3.15. The van der Waals surface area contributed by atoms with Crippen LogP contribution in [0.2, 0.25) is 25.7 Å². The third kappa shape index (κ3) is 4.43. The lowest BCUT2D eigenvalue weighted by molar-refractivity contribution is 0.0222. The van der Waals surface area contributed by atoms with E-state index in [1.54, 1.807) is 30.6 Å². The van der Waals surface area contributed by atoms with Crippen LogP contribution in [0, 0.1) is 5.82 Å². The number of pyridine rings is 1. The van der Waals surface area contributed by atoms with Gasteiger partial charge in [0.05, 0.1) is 29.2 Å². The molecule has 25 heavy (non-hydrogen) atoms. The quantitative estimate of drug-likeness (QED) is 0.384. The molecule has 0 atom stereocenters. The van der Waals surface area contributed by atoms with E-state index in [0.29, 0.717) is 23.6 Å². The largest absolute Gasteiger partial charge is 0.467 e. The second kappa shape index (κ2) is 7.33. The molecule has 3 rings (SSSR count). The molecule has 0 aliphatic carbocycles. The highest BCUT2D eigenvalue weighted by Gasteiger charge is 2.15. The van der Waals surface area contributed by atoms with E-state index in [9.17, 15) is 4.39 Å². The number of H-pyrrole nitrogens is 1. The molecule has 0 radical (unpaired) electrons. The van der Waals surface area contributed by atoms with Gasteiger partial charge >= 0.3 is 0 Å². The zero-order valence-corrected chi connectivity index (χ0v) is 15.7. The van der Waals surface area contributed by atoms with Gasteiger partial charge in [-0.15, -0.1) is 0 Å². The van der Waals surface area contributed by atoms with Crippen LogP contribution < -0.4 is 4.74 Å². The normalized spacial score (nSPS) is 11.8. The van der Waals surface area contributed by atoms with E-state index in [0.717, 1.165) is 16.9 Å². The number of fused-ring (bicyclic) bond motifs is 1. The van der Waals surface area contributed by atoms with E-state index >= 15 is 0 Å². The number of hydrogen-bond donors (Lipinski definition) is 1. The van der Waals surface area contributed by atoms with E-state index in [2.05, 4.69) is 34.8 Å². The van der Waals surface area contributed by atoms with Crippen molar-refractivity contribution < 1.29 is 13.9 Å². The molecule has 0 spiro atoms. The minimum Gasteiger partial charge on any atom is -0.467 e. The van der Waals surface area contributed by atoms with Gasteiger partial charge in [-0.25, -0.2) is 4.39 Å². The minimum atomic E-state index is -1.14. The third-order valence-corrected chi connectivity index (χ3v) is 5.55. The number of hydrogen-bond acceptors (Lipinski definition) is 4. The smallest absolute Gasteiger partial charge is 0.189 e. The summed E-state index contributed by atoms with van der Waals surface area (Å²) in [6.45, 7) is 7.62. The van der Waals surface area contributed by atoms with Gasteiger partial charge in [-0.3, -0.25) is 10.1 Å². The molecule has 0 unspecified atom stereocenters. The van der Waals surface area contributed by atoms with Crippen LogP contribution in [-0.4, -0.2) is 36.7 Å². The van der Waals surface area contributed by atoms with Crippen molar-refractivity contribution >= 4 is 19.0 Å². The Morgan fingerprint density at radius 1 is 1.20 bits per heavy atom. The predicted octanol–water partition coefficient (Wildman–Crippen LogP) is 4.46. The predicted molar refractivity (Wildman–Crippen MR) is 98.9 cm³/mol. The zero-order chi connectivity index (χ0) is 17.9. The van der Waals surface area contributed by atoms with Crippen molar-refractivity contribution in [3.8, 4) is 17.0 Å². The summed E-state index contributed by atoms with van der Waals surface area (Å²) in [4.78, 5) is 4.32. The Bertz CT molecular complexity index is 861. The first kappa shape index (κ1) is 17.6. The molecule has 0 bridgehead atoms. The fraction of sp³-hybridized carbons (Fsp3) is 0.333. The van der Waals surface area contributed by atoms with Crippen LogP contribution in [0.3, 0.4) is 0 Å². The van der Waals surface area contributed by atoms with E-state index in [-0.39, 0.29) is 12.6 Å². The van der Waals surface area contributed by atoms with Crippen LogP contribution in [0.1, 0.15) is 0 Å². The van der Waals surface area contributed by atoms with Gasteiger partial charge in [0.15, 0.2) is 6.79 Å². The van der Waals surface area contributed by atoms with Gasteiger partial charge in [0.1, 0.15) is 11.6 Å². The van der Waals surface area contributed by atoms with Gasteiger partial charge in [0.25, 0.3) is 0 Å². The SMILES string of the molecule is C[Si](C)(C)CCOCOc1cccc(F)c1-c1cc2cn[nH]c2cn1. The maximum absolute atomic E-state index is 14.4. The minimum absolute atomic E-state index is 0.0922. The first-order valence-corrected chi connectivity index (χ1v) is 11.9. The number of rotatable bonds is 7. The fourth-order valence-electron chi connectivity index (χ4n) is 2.39. The van der Waals surface area contributed by atoms with Crippen molar-refractivity contribution in [1.29, 1.82) is 0 Å². The molecule has 0 saturated carbocycles. The van der Waals surface area contributed by atoms with Crippen molar-refractivity contribution in [3.05, 3.63) is 42.5 Å². The number of nitrogens with zero attached hydrogens (tertiary/aromatic N) is 2. The molecule has 132 valence electrons. The van der Waals surface area contributed by atoms with Gasteiger partial charge in [-0.2, -0.15) is 5.10 Å². The van der Waals surface area contributed by atoms with Crippen molar-refractivity contribution in [2.24, 2.45) is 0 Å². The Labute approximate surface area is 147 Å². The molecule has 0 saturated heterocycles. The zero-order valence-electron chi connectivity index (χ0n) is 14.7. The summed E-state index contributed by atoms with van der Waals surface area (Å²) in [6.07, 6.45) is 3.32. The summed E-state index contributed by atoms with van der Waals surface area (Å²) >= 11 is 0. The number of nitrogens with one attached hydrogen (secondary N) is 1. The Morgan fingerprint density at radius 2 is 2.04 bits per heavy atom. The Kier molecular flexibility index (Phi) is 5.15. The molecule has 0 aliphatic heterocycles. The molecule has 0 amide bonds. The van der Waals surface area contributed by atoms with Gasteiger partial charge in [-0.1, -0.05) is 25.7 Å². The number of benzene rings is 1. The van der Waals surface area contributed by atoms with E-state index < -0.39 is 8.07 Å². The van der Waals surface area contributed by atoms with E-state index in [1.165, 1.54) is 6.07 Å². The molecule has 3 aromatic rings. The first-order valence-electron chi connectivity index (χ1n) is 8.23. The van der Waals surface area contributed by atoms with E-state index in [4.69, 9.17) is 9.47 Å². The highest BCUT2D eigenvalue weighted by atomic mass is 28.3. The van der Waals surface area contributed by atoms with Crippen LogP contribution >= 0.6 is 0 Å². The number of halogens is 1. The topological polar surface area (TPSA) is 60.0 Å². The maximum Gasteiger partial charge on any atom is 0.189 e. The summed E-state index contributed by atoms with van der Waals surface area (Å²) in [5.74, 6) is 0.0401. The lowest BCUT2D eigenvalue weighted by atomic mass is 10.1. The Morgan fingerprint density at radius 3 is 2.84 bits per heavy atom. The first-order chi connectivity index (χ1) is 11.9. The standard InChI is InChI=1S/C18H22FN3O2Si/c1-25(2,3)8-7-23-12-24-17-6-4-5-14(19)18(17)15-9-13-10-21-22-16(13)11-20-15/h4-6,9-11H,7-8,12H2,1-3H3,(H,21,22). The molecular weight excluding hydrogens is 337 g/mol.